The van der Waals surface area contributed by atoms with Gasteiger partial charge in [-0.05, 0) is 37.6 Å². The molecule has 0 aromatic heterocycles. The van der Waals surface area contributed by atoms with E-state index in [0.717, 1.165) is 11.8 Å². The number of alkyl halides is 1. The maximum Gasteiger partial charge on any atom is 0.240 e. The molecule has 0 amide bonds. The molecule has 1 unspecified atom stereocenters. The molecule has 6 heteroatoms. The van der Waals surface area contributed by atoms with E-state index in [0.29, 0.717) is 5.02 Å². The number of sulfonamides is 1. The van der Waals surface area contributed by atoms with Crippen LogP contribution in [0.5, 0.6) is 0 Å². The second-order valence-corrected chi connectivity index (χ2v) is 6.40. The van der Waals surface area contributed by atoms with Crippen LogP contribution < -0.4 is 4.72 Å². The predicted octanol–water partition coefficient (Wildman–Crippen LogP) is 2.79. The quantitative estimate of drug-likeness (QED) is 0.846. The highest BCUT2D eigenvalue weighted by Gasteiger charge is 2.16. The van der Waals surface area contributed by atoms with Crippen molar-refractivity contribution < 1.29 is 8.42 Å². The number of hydrogen-bond acceptors (Lipinski definition) is 2. The molecule has 0 aliphatic heterocycles. The molecule has 0 fully saturated rings. The van der Waals surface area contributed by atoms with Gasteiger partial charge in [0.05, 0.1) is 4.90 Å². The Labute approximate surface area is 109 Å². The summed E-state index contributed by atoms with van der Waals surface area (Å²) in [5.41, 5.74) is 0. The normalized spacial score (nSPS) is 13.7. The first-order chi connectivity index (χ1) is 7.45. The zero-order chi connectivity index (χ0) is 12.2. The lowest BCUT2D eigenvalue weighted by Crippen LogP contribution is -2.32. The van der Waals surface area contributed by atoms with Gasteiger partial charge in [-0.2, -0.15) is 0 Å². The summed E-state index contributed by atoms with van der Waals surface area (Å²) in [6, 6.07) is 6.01. The minimum atomic E-state index is -3.43. The summed E-state index contributed by atoms with van der Waals surface area (Å²) in [4.78, 5) is 0.235. The van der Waals surface area contributed by atoms with Gasteiger partial charge in [0, 0.05) is 16.4 Å². The van der Waals surface area contributed by atoms with Gasteiger partial charge >= 0.3 is 0 Å². The zero-order valence-corrected chi connectivity index (χ0v) is 11.9. The molecule has 0 heterocycles. The van der Waals surface area contributed by atoms with Crippen LogP contribution in [-0.4, -0.2) is 19.8 Å². The Bertz CT molecular complexity index is 433. The number of rotatable bonds is 5. The van der Waals surface area contributed by atoms with E-state index in [1.807, 2.05) is 6.92 Å². The van der Waals surface area contributed by atoms with Crippen molar-refractivity contribution in [1.82, 2.24) is 4.72 Å². The molecular weight excluding hydrogens is 314 g/mol. The molecule has 90 valence electrons. The highest BCUT2D eigenvalue weighted by molar-refractivity contribution is 9.09. The molecule has 0 bridgehead atoms. The zero-order valence-electron chi connectivity index (χ0n) is 8.78. The van der Waals surface area contributed by atoms with Gasteiger partial charge in [0.25, 0.3) is 0 Å². The van der Waals surface area contributed by atoms with E-state index >= 15 is 0 Å². The second-order valence-electron chi connectivity index (χ2n) is 3.45. The van der Waals surface area contributed by atoms with Crippen LogP contribution in [0.2, 0.25) is 5.02 Å². The fourth-order valence-electron chi connectivity index (χ4n) is 1.17. The summed E-state index contributed by atoms with van der Waals surface area (Å²) >= 11 is 8.97. The van der Waals surface area contributed by atoms with Crippen LogP contribution in [-0.2, 0) is 10.0 Å². The fraction of sp³-hybridized carbons (Fsp3) is 0.400. The molecule has 0 spiro atoms. The highest BCUT2D eigenvalue weighted by atomic mass is 79.9. The highest BCUT2D eigenvalue weighted by Crippen LogP contribution is 2.14. The van der Waals surface area contributed by atoms with Gasteiger partial charge in [0.2, 0.25) is 10.0 Å². The molecule has 1 rings (SSSR count). The lowest BCUT2D eigenvalue weighted by atomic mass is 10.3. The minimum Gasteiger partial charge on any atom is -0.208 e. The van der Waals surface area contributed by atoms with E-state index in [1.165, 1.54) is 12.1 Å². The van der Waals surface area contributed by atoms with Crippen LogP contribution in [0.1, 0.15) is 13.3 Å². The monoisotopic (exact) mass is 325 g/mol. The molecule has 0 aliphatic carbocycles. The van der Waals surface area contributed by atoms with Crippen molar-refractivity contribution in [2.75, 3.05) is 5.33 Å². The molecule has 16 heavy (non-hydrogen) atoms. The first-order valence-electron chi connectivity index (χ1n) is 4.79. The molecule has 0 radical (unpaired) electrons. The van der Waals surface area contributed by atoms with Crippen molar-refractivity contribution in [3.8, 4) is 0 Å². The summed E-state index contributed by atoms with van der Waals surface area (Å²) in [6.07, 6.45) is 0.743. The molecule has 0 saturated heterocycles. The van der Waals surface area contributed by atoms with E-state index in [-0.39, 0.29) is 10.9 Å². The van der Waals surface area contributed by atoms with Crippen LogP contribution in [0.3, 0.4) is 0 Å². The first kappa shape index (κ1) is 14.0. The third-order valence-corrected chi connectivity index (χ3v) is 4.34. The third kappa shape index (κ3) is 4.05. The average molecular weight is 327 g/mol. The standard InChI is InChI=1S/C10H13BrClNO2S/c1-8(6-7-11)13-16(14,15)10-4-2-9(12)3-5-10/h2-5,8,13H,6-7H2,1H3. The SMILES string of the molecule is CC(CCBr)NS(=O)(=O)c1ccc(Cl)cc1. The van der Waals surface area contributed by atoms with Gasteiger partial charge in [0.1, 0.15) is 0 Å². The van der Waals surface area contributed by atoms with E-state index in [1.54, 1.807) is 12.1 Å². The van der Waals surface area contributed by atoms with Gasteiger partial charge in [-0.1, -0.05) is 27.5 Å². The van der Waals surface area contributed by atoms with Crippen molar-refractivity contribution in [3.63, 3.8) is 0 Å². The summed E-state index contributed by atoms with van der Waals surface area (Å²) in [5.74, 6) is 0. The largest absolute Gasteiger partial charge is 0.240 e. The third-order valence-electron chi connectivity index (χ3n) is 2.02. The van der Waals surface area contributed by atoms with Crippen LogP contribution in [0.15, 0.2) is 29.2 Å². The number of hydrogen-bond donors (Lipinski definition) is 1. The van der Waals surface area contributed by atoms with Gasteiger partial charge in [-0.15, -0.1) is 0 Å². The van der Waals surface area contributed by atoms with Gasteiger partial charge in [0.15, 0.2) is 0 Å². The van der Waals surface area contributed by atoms with Crippen molar-refractivity contribution in [1.29, 1.82) is 0 Å². The fourth-order valence-corrected chi connectivity index (χ4v) is 3.26. The number of benzene rings is 1. The van der Waals surface area contributed by atoms with Crippen LogP contribution in [0.25, 0.3) is 0 Å². The maximum absolute atomic E-state index is 11.9. The molecule has 3 nitrogen and oxygen atoms in total. The Kier molecular flexibility index (Phi) is 5.24. The Balaban J connectivity index is 2.82. The average Bonchev–Trinajstić information content (AvgIpc) is 2.17. The van der Waals surface area contributed by atoms with Gasteiger partial charge in [-0.3, -0.25) is 0 Å². The van der Waals surface area contributed by atoms with E-state index in [2.05, 4.69) is 20.7 Å². The van der Waals surface area contributed by atoms with Crippen LogP contribution in [0, 0.1) is 0 Å². The Hall–Kier alpha value is -0.100. The Morgan fingerprint density at radius 2 is 1.94 bits per heavy atom. The first-order valence-corrected chi connectivity index (χ1v) is 7.78. The molecule has 0 saturated carbocycles. The van der Waals surface area contributed by atoms with Crippen molar-refractivity contribution in [2.45, 2.75) is 24.3 Å². The van der Waals surface area contributed by atoms with Crippen LogP contribution in [0.4, 0.5) is 0 Å². The Morgan fingerprint density at radius 3 is 2.44 bits per heavy atom. The number of nitrogens with one attached hydrogen (secondary N) is 1. The summed E-state index contributed by atoms with van der Waals surface area (Å²) in [6.45, 7) is 1.83. The molecule has 1 aromatic carbocycles. The topological polar surface area (TPSA) is 46.2 Å². The van der Waals surface area contributed by atoms with E-state index in [9.17, 15) is 8.42 Å². The molecular formula is C10H13BrClNO2S. The van der Waals surface area contributed by atoms with Crippen molar-refractivity contribution >= 4 is 37.6 Å². The minimum absolute atomic E-state index is 0.0972. The van der Waals surface area contributed by atoms with Crippen molar-refractivity contribution in [3.05, 3.63) is 29.3 Å². The molecule has 1 atom stereocenters. The summed E-state index contributed by atoms with van der Waals surface area (Å²) < 4.78 is 26.3. The predicted molar refractivity (Wildman–Crippen MR) is 69.6 cm³/mol. The van der Waals surface area contributed by atoms with Gasteiger partial charge < -0.3 is 0 Å². The van der Waals surface area contributed by atoms with Crippen LogP contribution >= 0.6 is 27.5 Å². The second kappa shape index (κ2) is 6.00. The lowest BCUT2D eigenvalue weighted by molar-refractivity contribution is 0.557. The molecule has 0 aliphatic rings. The Morgan fingerprint density at radius 1 is 1.38 bits per heavy atom. The summed E-state index contributed by atoms with van der Waals surface area (Å²) in [7, 11) is -3.43. The maximum atomic E-state index is 11.9. The molecule has 1 N–H and O–H groups in total. The van der Waals surface area contributed by atoms with Crippen molar-refractivity contribution in [2.24, 2.45) is 0 Å². The molecule has 1 aromatic rings. The lowest BCUT2D eigenvalue weighted by Gasteiger charge is -2.12. The smallest absolute Gasteiger partial charge is 0.208 e. The van der Waals surface area contributed by atoms with Gasteiger partial charge in [-0.25, -0.2) is 13.1 Å². The number of halogens is 2. The van der Waals surface area contributed by atoms with E-state index in [4.69, 9.17) is 11.6 Å². The van der Waals surface area contributed by atoms with E-state index < -0.39 is 10.0 Å². The summed E-state index contributed by atoms with van der Waals surface area (Å²) in [5, 5.41) is 1.28.